The zero-order valence-electron chi connectivity index (χ0n) is 11.4. The van der Waals surface area contributed by atoms with Gasteiger partial charge in [-0.3, -0.25) is 5.32 Å². The van der Waals surface area contributed by atoms with Crippen LogP contribution in [0.5, 0.6) is 0 Å². The molecule has 1 heterocycles. The molecule has 0 fully saturated rings. The number of thiophene rings is 1. The number of urea groups is 1. The number of benzene rings is 2. The standard InChI is InChI=1S/C16H12N2O3S/c19-15(20)10-5-7-12(8-6-10)17-16(21)18-14-9-11-3-1-2-4-13(11)22-14/h1-9H,(H,19,20)(H2,17,18,21). The van der Waals surface area contributed by atoms with Gasteiger partial charge < -0.3 is 10.4 Å². The van der Waals surface area contributed by atoms with Crippen molar-refractivity contribution in [1.29, 1.82) is 0 Å². The minimum atomic E-state index is -0.999. The Morgan fingerprint density at radius 1 is 0.955 bits per heavy atom. The van der Waals surface area contributed by atoms with Gasteiger partial charge in [0.15, 0.2) is 0 Å². The van der Waals surface area contributed by atoms with E-state index in [0.29, 0.717) is 5.69 Å². The number of amides is 2. The highest BCUT2D eigenvalue weighted by Crippen LogP contribution is 2.29. The van der Waals surface area contributed by atoms with Crippen molar-refractivity contribution in [2.45, 2.75) is 0 Å². The summed E-state index contributed by atoms with van der Waals surface area (Å²) < 4.78 is 1.10. The van der Waals surface area contributed by atoms with Gasteiger partial charge in [0, 0.05) is 10.4 Å². The third kappa shape index (κ3) is 3.07. The number of anilines is 2. The minimum absolute atomic E-state index is 0.176. The van der Waals surface area contributed by atoms with Crippen LogP contribution in [0.3, 0.4) is 0 Å². The van der Waals surface area contributed by atoms with Crippen LogP contribution in [0.15, 0.2) is 54.6 Å². The highest BCUT2D eigenvalue weighted by molar-refractivity contribution is 7.22. The molecule has 0 atom stereocenters. The molecule has 3 rings (SSSR count). The van der Waals surface area contributed by atoms with Gasteiger partial charge in [-0.2, -0.15) is 0 Å². The molecule has 0 saturated heterocycles. The Hall–Kier alpha value is -2.86. The Kier molecular flexibility index (Phi) is 3.76. The van der Waals surface area contributed by atoms with E-state index in [2.05, 4.69) is 10.6 Å². The fourth-order valence-corrected chi connectivity index (χ4v) is 2.97. The van der Waals surface area contributed by atoms with Gasteiger partial charge in [0.25, 0.3) is 0 Å². The van der Waals surface area contributed by atoms with E-state index in [-0.39, 0.29) is 11.6 Å². The van der Waals surface area contributed by atoms with Gasteiger partial charge >= 0.3 is 12.0 Å². The SMILES string of the molecule is O=C(Nc1ccc(C(=O)O)cc1)Nc1cc2ccccc2s1. The Morgan fingerprint density at radius 2 is 1.68 bits per heavy atom. The first kappa shape index (κ1) is 14.1. The number of carboxylic acid groups (broad SMARTS) is 1. The van der Waals surface area contributed by atoms with Crippen LogP contribution in [0.25, 0.3) is 10.1 Å². The number of hydrogen-bond donors (Lipinski definition) is 3. The summed E-state index contributed by atoms with van der Waals surface area (Å²) in [6.07, 6.45) is 0. The topological polar surface area (TPSA) is 78.4 Å². The zero-order chi connectivity index (χ0) is 15.5. The maximum Gasteiger partial charge on any atom is 0.335 e. The maximum atomic E-state index is 11.9. The van der Waals surface area contributed by atoms with Crippen LogP contribution in [-0.4, -0.2) is 17.1 Å². The first-order valence-corrected chi connectivity index (χ1v) is 7.33. The minimum Gasteiger partial charge on any atom is -0.478 e. The van der Waals surface area contributed by atoms with Crippen LogP contribution in [0.2, 0.25) is 0 Å². The Balaban J connectivity index is 1.68. The molecule has 2 amide bonds. The smallest absolute Gasteiger partial charge is 0.335 e. The van der Waals surface area contributed by atoms with E-state index in [9.17, 15) is 9.59 Å². The second-order valence-corrected chi connectivity index (χ2v) is 5.69. The quantitative estimate of drug-likeness (QED) is 0.676. The number of carboxylic acids is 1. The molecule has 0 radical (unpaired) electrons. The second kappa shape index (κ2) is 5.87. The number of rotatable bonds is 3. The van der Waals surface area contributed by atoms with Crippen molar-refractivity contribution in [3.8, 4) is 0 Å². The third-order valence-corrected chi connectivity index (χ3v) is 4.08. The van der Waals surface area contributed by atoms with Crippen molar-refractivity contribution < 1.29 is 14.7 Å². The molecule has 0 aliphatic heterocycles. The summed E-state index contributed by atoms with van der Waals surface area (Å²) >= 11 is 1.49. The predicted octanol–water partition coefficient (Wildman–Crippen LogP) is 4.24. The highest BCUT2D eigenvalue weighted by Gasteiger charge is 2.07. The number of carbonyl (C=O) groups excluding carboxylic acids is 1. The van der Waals surface area contributed by atoms with Crippen molar-refractivity contribution in [3.63, 3.8) is 0 Å². The molecule has 0 aliphatic carbocycles. The number of aromatic carboxylic acids is 1. The fraction of sp³-hybridized carbons (Fsp3) is 0. The van der Waals surface area contributed by atoms with Crippen molar-refractivity contribution in [2.75, 3.05) is 10.6 Å². The van der Waals surface area contributed by atoms with Crippen molar-refractivity contribution in [2.24, 2.45) is 0 Å². The summed E-state index contributed by atoms with van der Waals surface area (Å²) in [7, 11) is 0. The van der Waals surface area contributed by atoms with E-state index in [4.69, 9.17) is 5.11 Å². The molecule has 0 saturated carbocycles. The van der Waals surface area contributed by atoms with Crippen molar-refractivity contribution >= 4 is 44.1 Å². The van der Waals surface area contributed by atoms with E-state index in [1.807, 2.05) is 30.3 Å². The van der Waals surface area contributed by atoms with E-state index < -0.39 is 5.97 Å². The molecule has 0 unspecified atom stereocenters. The molecule has 110 valence electrons. The normalized spacial score (nSPS) is 10.4. The van der Waals surface area contributed by atoms with Gasteiger partial charge in [-0.05, 0) is 41.8 Å². The Labute approximate surface area is 130 Å². The summed E-state index contributed by atoms with van der Waals surface area (Å²) in [5, 5.41) is 16.1. The van der Waals surface area contributed by atoms with Crippen LogP contribution in [-0.2, 0) is 0 Å². The molecule has 3 N–H and O–H groups in total. The average Bonchev–Trinajstić information content (AvgIpc) is 2.89. The van der Waals surface area contributed by atoms with E-state index in [1.54, 1.807) is 12.1 Å². The molecule has 3 aromatic rings. The van der Waals surface area contributed by atoms with Gasteiger partial charge in [0.05, 0.1) is 10.6 Å². The third-order valence-electron chi connectivity index (χ3n) is 3.05. The van der Waals surface area contributed by atoms with Crippen LogP contribution >= 0.6 is 11.3 Å². The molecular weight excluding hydrogens is 300 g/mol. The van der Waals surface area contributed by atoms with Gasteiger partial charge in [-0.15, -0.1) is 11.3 Å². The van der Waals surface area contributed by atoms with Gasteiger partial charge in [0.1, 0.15) is 0 Å². The number of nitrogens with one attached hydrogen (secondary N) is 2. The summed E-state index contributed by atoms with van der Waals surface area (Å²) in [6.45, 7) is 0. The molecule has 0 bridgehead atoms. The van der Waals surface area contributed by atoms with Crippen molar-refractivity contribution in [1.82, 2.24) is 0 Å². The molecule has 22 heavy (non-hydrogen) atoms. The lowest BCUT2D eigenvalue weighted by Crippen LogP contribution is -2.18. The number of hydrogen-bond acceptors (Lipinski definition) is 3. The lowest BCUT2D eigenvalue weighted by Gasteiger charge is -2.06. The predicted molar refractivity (Wildman–Crippen MR) is 87.9 cm³/mol. The summed E-state index contributed by atoms with van der Waals surface area (Å²) in [6, 6.07) is 15.4. The monoisotopic (exact) mass is 312 g/mol. The lowest BCUT2D eigenvalue weighted by molar-refractivity contribution is 0.0697. The van der Waals surface area contributed by atoms with E-state index in [1.165, 1.54) is 23.5 Å². The van der Waals surface area contributed by atoms with Gasteiger partial charge in [0.2, 0.25) is 0 Å². The fourth-order valence-electron chi connectivity index (χ4n) is 2.01. The number of fused-ring (bicyclic) bond motifs is 1. The van der Waals surface area contributed by atoms with E-state index >= 15 is 0 Å². The number of carbonyl (C=O) groups is 2. The van der Waals surface area contributed by atoms with E-state index in [0.717, 1.165) is 15.1 Å². The van der Waals surface area contributed by atoms with Crippen molar-refractivity contribution in [3.05, 3.63) is 60.2 Å². The largest absolute Gasteiger partial charge is 0.478 e. The summed E-state index contributed by atoms with van der Waals surface area (Å²) in [5.41, 5.74) is 0.707. The Morgan fingerprint density at radius 3 is 2.36 bits per heavy atom. The molecular formula is C16H12N2O3S. The summed E-state index contributed by atoms with van der Waals surface area (Å²) in [4.78, 5) is 22.7. The molecule has 0 aliphatic rings. The molecule has 5 nitrogen and oxygen atoms in total. The van der Waals surface area contributed by atoms with Crippen LogP contribution < -0.4 is 10.6 Å². The molecule has 0 spiro atoms. The highest BCUT2D eigenvalue weighted by atomic mass is 32.1. The zero-order valence-corrected chi connectivity index (χ0v) is 12.2. The first-order valence-electron chi connectivity index (χ1n) is 6.52. The van der Waals surface area contributed by atoms with Crippen LogP contribution in [0.4, 0.5) is 15.5 Å². The molecule has 6 heteroatoms. The first-order chi connectivity index (χ1) is 10.6. The van der Waals surface area contributed by atoms with Gasteiger partial charge in [-0.25, -0.2) is 9.59 Å². The van der Waals surface area contributed by atoms with Crippen LogP contribution in [0.1, 0.15) is 10.4 Å². The van der Waals surface area contributed by atoms with Gasteiger partial charge in [-0.1, -0.05) is 18.2 Å². The average molecular weight is 312 g/mol. The lowest BCUT2D eigenvalue weighted by atomic mass is 10.2. The Bertz CT molecular complexity index is 807. The second-order valence-electron chi connectivity index (χ2n) is 4.61. The molecule has 1 aromatic heterocycles. The molecule has 2 aromatic carbocycles. The maximum absolute atomic E-state index is 11.9. The van der Waals surface area contributed by atoms with Crippen LogP contribution in [0, 0.1) is 0 Å². The summed E-state index contributed by atoms with van der Waals surface area (Å²) in [5.74, 6) is -0.999.